The van der Waals surface area contributed by atoms with Crippen LogP contribution in [0.2, 0.25) is 0 Å². The van der Waals surface area contributed by atoms with Gasteiger partial charge < -0.3 is 14.7 Å². The number of benzene rings is 2. The molecular formula is C22H29FN2O2. The Morgan fingerprint density at radius 3 is 2.30 bits per heavy atom. The molecular weight excluding hydrogens is 343 g/mol. The Bertz CT molecular complexity index is 672. The van der Waals surface area contributed by atoms with Crippen LogP contribution in [0.15, 0.2) is 54.6 Å². The molecule has 2 aromatic rings. The summed E-state index contributed by atoms with van der Waals surface area (Å²) in [7, 11) is 0. The lowest BCUT2D eigenvalue weighted by Crippen LogP contribution is -2.49. The number of piperazine rings is 1. The minimum atomic E-state index is -0.500. The van der Waals surface area contributed by atoms with Crippen LogP contribution >= 0.6 is 0 Å². The number of aliphatic hydroxyl groups excluding tert-OH is 1. The van der Waals surface area contributed by atoms with E-state index in [0.717, 1.165) is 43.9 Å². The van der Waals surface area contributed by atoms with E-state index >= 15 is 0 Å². The molecule has 27 heavy (non-hydrogen) atoms. The predicted octanol–water partition coefficient (Wildman–Crippen LogP) is 3.48. The molecule has 1 N–H and O–H groups in total. The van der Waals surface area contributed by atoms with Gasteiger partial charge in [-0.05, 0) is 36.2 Å². The summed E-state index contributed by atoms with van der Waals surface area (Å²) in [5.41, 5.74) is 2.20. The summed E-state index contributed by atoms with van der Waals surface area (Å²) in [4.78, 5) is 4.51. The van der Waals surface area contributed by atoms with Crippen LogP contribution in [0.4, 0.5) is 10.1 Å². The molecule has 0 amide bonds. The topological polar surface area (TPSA) is 35.9 Å². The average Bonchev–Trinajstić information content (AvgIpc) is 2.70. The molecule has 0 aliphatic carbocycles. The van der Waals surface area contributed by atoms with Crippen molar-refractivity contribution in [1.29, 1.82) is 0 Å². The van der Waals surface area contributed by atoms with E-state index < -0.39 is 6.10 Å². The maximum atomic E-state index is 13.1. The number of rotatable bonds is 8. The first-order valence-electron chi connectivity index (χ1n) is 9.73. The van der Waals surface area contributed by atoms with Crippen molar-refractivity contribution in [2.24, 2.45) is 0 Å². The smallest absolute Gasteiger partial charge is 0.123 e. The first-order chi connectivity index (χ1) is 13.2. The van der Waals surface area contributed by atoms with Crippen LogP contribution in [0.25, 0.3) is 0 Å². The van der Waals surface area contributed by atoms with Gasteiger partial charge in [0.15, 0.2) is 0 Å². The van der Waals surface area contributed by atoms with Crippen LogP contribution in [-0.4, -0.2) is 55.4 Å². The van der Waals surface area contributed by atoms with Gasteiger partial charge in [0.25, 0.3) is 0 Å². The molecule has 0 radical (unpaired) electrons. The van der Waals surface area contributed by atoms with E-state index in [1.807, 2.05) is 30.3 Å². The fourth-order valence-electron chi connectivity index (χ4n) is 3.54. The summed E-state index contributed by atoms with van der Waals surface area (Å²) < 4.78 is 19.0. The van der Waals surface area contributed by atoms with Gasteiger partial charge in [0.2, 0.25) is 0 Å². The predicted molar refractivity (Wildman–Crippen MR) is 106 cm³/mol. The van der Waals surface area contributed by atoms with E-state index in [2.05, 4.69) is 28.9 Å². The van der Waals surface area contributed by atoms with E-state index in [1.165, 1.54) is 12.1 Å². The molecule has 2 aromatic carbocycles. The van der Waals surface area contributed by atoms with Gasteiger partial charge in [-0.15, -0.1) is 0 Å². The van der Waals surface area contributed by atoms with Crippen LogP contribution in [0, 0.1) is 5.82 Å². The minimum absolute atomic E-state index is 0.0242. The van der Waals surface area contributed by atoms with Crippen LogP contribution in [0.5, 0.6) is 0 Å². The van der Waals surface area contributed by atoms with Gasteiger partial charge in [0.1, 0.15) is 5.82 Å². The largest absolute Gasteiger partial charge is 0.389 e. The van der Waals surface area contributed by atoms with Crippen molar-refractivity contribution in [2.75, 3.05) is 44.2 Å². The lowest BCUT2D eigenvalue weighted by molar-refractivity contribution is -0.0240. The van der Waals surface area contributed by atoms with Gasteiger partial charge >= 0.3 is 0 Å². The van der Waals surface area contributed by atoms with E-state index in [0.29, 0.717) is 13.2 Å². The van der Waals surface area contributed by atoms with Crippen LogP contribution in [0.3, 0.4) is 0 Å². The number of halogens is 1. The summed E-state index contributed by atoms with van der Waals surface area (Å²) in [5.74, 6) is -0.207. The molecule has 4 nitrogen and oxygen atoms in total. The number of ether oxygens (including phenoxy) is 1. The molecule has 0 bridgehead atoms. The van der Waals surface area contributed by atoms with Crippen molar-refractivity contribution >= 4 is 5.69 Å². The Morgan fingerprint density at radius 1 is 1.00 bits per heavy atom. The minimum Gasteiger partial charge on any atom is -0.389 e. The van der Waals surface area contributed by atoms with Crippen LogP contribution in [0.1, 0.15) is 25.0 Å². The third-order valence-electron chi connectivity index (χ3n) is 5.06. The Labute approximate surface area is 161 Å². The number of nitrogens with zero attached hydrogens (tertiary/aromatic N) is 2. The quantitative estimate of drug-likeness (QED) is 0.770. The molecule has 3 rings (SSSR count). The highest BCUT2D eigenvalue weighted by Crippen LogP contribution is 2.21. The highest BCUT2D eigenvalue weighted by molar-refractivity contribution is 5.46. The Morgan fingerprint density at radius 2 is 1.67 bits per heavy atom. The molecule has 1 aliphatic rings. The average molecular weight is 372 g/mol. The van der Waals surface area contributed by atoms with Crippen molar-refractivity contribution in [3.8, 4) is 0 Å². The molecule has 1 fully saturated rings. The second-order valence-electron chi connectivity index (χ2n) is 7.06. The normalized spacial score (nSPS) is 17.7. The molecule has 1 aliphatic heterocycles. The summed E-state index contributed by atoms with van der Waals surface area (Å²) in [6.07, 6.45) is 0.406. The lowest BCUT2D eigenvalue weighted by atomic mass is 10.1. The second kappa shape index (κ2) is 9.83. The maximum Gasteiger partial charge on any atom is 0.123 e. The van der Waals surface area contributed by atoms with E-state index in [-0.39, 0.29) is 11.9 Å². The Kier molecular flexibility index (Phi) is 7.21. The zero-order valence-electron chi connectivity index (χ0n) is 15.9. The van der Waals surface area contributed by atoms with Crippen molar-refractivity contribution in [2.45, 2.75) is 25.6 Å². The number of β-amino-alcohol motifs (C(OH)–C–C–N with tert-alkyl or cyclic N) is 1. The molecule has 146 valence electrons. The fraction of sp³-hybridized carbons (Fsp3) is 0.455. The molecule has 0 aromatic heterocycles. The highest BCUT2D eigenvalue weighted by atomic mass is 19.1. The zero-order valence-corrected chi connectivity index (χ0v) is 15.9. The summed E-state index contributed by atoms with van der Waals surface area (Å²) in [5, 5.41) is 10.4. The van der Waals surface area contributed by atoms with E-state index in [4.69, 9.17) is 4.74 Å². The standard InChI is InChI=1S/C22H29FN2O2/c1-2-22(18-6-4-3-5-7-18)27-17-21(26)16-24-12-14-25(15-13-24)20-10-8-19(23)9-11-20/h3-11,21-22,26H,2,12-17H2,1H3/t21-,22+/m0/s1. The molecule has 0 spiro atoms. The third kappa shape index (κ3) is 5.76. The highest BCUT2D eigenvalue weighted by Gasteiger charge is 2.20. The van der Waals surface area contributed by atoms with Crippen LogP contribution < -0.4 is 4.90 Å². The van der Waals surface area contributed by atoms with Gasteiger partial charge in [-0.2, -0.15) is 0 Å². The SMILES string of the molecule is CC[C@@H](OC[C@@H](O)CN1CCN(c2ccc(F)cc2)CC1)c1ccccc1. The van der Waals surface area contributed by atoms with Crippen LogP contribution in [-0.2, 0) is 4.74 Å². The van der Waals surface area contributed by atoms with Crippen molar-refractivity contribution in [3.63, 3.8) is 0 Å². The van der Waals surface area contributed by atoms with Gasteiger partial charge in [0, 0.05) is 38.4 Å². The first-order valence-corrected chi connectivity index (χ1v) is 9.73. The number of hydrogen-bond acceptors (Lipinski definition) is 4. The molecule has 1 heterocycles. The number of anilines is 1. The Hall–Kier alpha value is -1.95. The van der Waals surface area contributed by atoms with E-state index in [1.54, 1.807) is 0 Å². The van der Waals surface area contributed by atoms with Crippen molar-refractivity contribution in [1.82, 2.24) is 4.90 Å². The Balaban J connectivity index is 1.41. The van der Waals surface area contributed by atoms with Gasteiger partial charge in [0.05, 0.1) is 18.8 Å². The van der Waals surface area contributed by atoms with Gasteiger partial charge in [-0.25, -0.2) is 4.39 Å². The lowest BCUT2D eigenvalue weighted by Gasteiger charge is -2.37. The maximum absolute atomic E-state index is 13.1. The molecule has 2 atom stereocenters. The molecule has 0 unspecified atom stereocenters. The number of aliphatic hydroxyl groups is 1. The summed E-state index contributed by atoms with van der Waals surface area (Å²) in [6, 6.07) is 16.8. The fourth-order valence-corrected chi connectivity index (χ4v) is 3.54. The summed E-state index contributed by atoms with van der Waals surface area (Å²) in [6.45, 7) is 6.56. The first kappa shape index (κ1) is 19.8. The monoisotopic (exact) mass is 372 g/mol. The number of hydrogen-bond donors (Lipinski definition) is 1. The van der Waals surface area contributed by atoms with E-state index in [9.17, 15) is 9.50 Å². The molecule has 5 heteroatoms. The van der Waals surface area contributed by atoms with Gasteiger partial charge in [-0.3, -0.25) is 4.90 Å². The van der Waals surface area contributed by atoms with Crippen molar-refractivity contribution in [3.05, 3.63) is 66.0 Å². The third-order valence-corrected chi connectivity index (χ3v) is 5.06. The molecule has 1 saturated heterocycles. The zero-order chi connectivity index (χ0) is 19.1. The second-order valence-corrected chi connectivity index (χ2v) is 7.06. The molecule has 0 saturated carbocycles. The van der Waals surface area contributed by atoms with Gasteiger partial charge in [-0.1, -0.05) is 37.3 Å². The van der Waals surface area contributed by atoms with Crippen molar-refractivity contribution < 1.29 is 14.2 Å². The summed E-state index contributed by atoms with van der Waals surface area (Å²) >= 11 is 0.